The Morgan fingerprint density at radius 2 is 2.07 bits per heavy atom. The van der Waals surface area contributed by atoms with Crippen molar-refractivity contribution in [3.63, 3.8) is 0 Å². The first kappa shape index (κ1) is 11.2. The van der Waals surface area contributed by atoms with Crippen LogP contribution in [-0.2, 0) is 9.53 Å². The van der Waals surface area contributed by atoms with Crippen molar-refractivity contribution in [1.29, 1.82) is 0 Å². The Morgan fingerprint density at radius 3 is 2.67 bits per heavy atom. The second kappa shape index (κ2) is 5.14. The molecule has 0 heterocycles. The van der Waals surface area contributed by atoms with E-state index < -0.39 is 11.9 Å². The third-order valence-electron chi connectivity index (χ3n) is 1.80. The number of carbonyl (C=O) groups is 2. The van der Waals surface area contributed by atoms with E-state index in [4.69, 9.17) is 4.74 Å². The number of ether oxygens (including phenoxy) is 2. The number of hydrogen-bond donors (Lipinski definition) is 0. The molecular formula is C11H12O4. The van der Waals surface area contributed by atoms with Crippen LogP contribution in [0, 0.1) is 0 Å². The number of benzene rings is 1. The second-order valence-corrected chi connectivity index (χ2v) is 2.85. The van der Waals surface area contributed by atoms with Crippen LogP contribution in [0.15, 0.2) is 24.3 Å². The van der Waals surface area contributed by atoms with Crippen LogP contribution in [0.5, 0.6) is 5.75 Å². The van der Waals surface area contributed by atoms with Gasteiger partial charge in [-0.3, -0.25) is 4.79 Å². The molecule has 0 radical (unpaired) electrons. The van der Waals surface area contributed by atoms with Gasteiger partial charge in [-0.2, -0.15) is 0 Å². The summed E-state index contributed by atoms with van der Waals surface area (Å²) >= 11 is 0. The molecule has 4 heteroatoms. The van der Waals surface area contributed by atoms with Gasteiger partial charge in [0.05, 0.1) is 12.7 Å². The fraction of sp³-hybridized carbons (Fsp3) is 0.273. The van der Waals surface area contributed by atoms with E-state index in [1.807, 2.05) is 0 Å². The predicted octanol–water partition coefficient (Wildman–Crippen LogP) is 1.79. The van der Waals surface area contributed by atoms with Gasteiger partial charge in [-0.05, 0) is 18.2 Å². The van der Waals surface area contributed by atoms with Crippen molar-refractivity contribution in [2.75, 3.05) is 7.11 Å². The molecule has 0 fully saturated rings. The van der Waals surface area contributed by atoms with Gasteiger partial charge in [0.1, 0.15) is 5.75 Å². The summed E-state index contributed by atoms with van der Waals surface area (Å²) in [6.45, 7) is 1.63. The summed E-state index contributed by atoms with van der Waals surface area (Å²) in [5.41, 5.74) is 0.302. The molecule has 1 rings (SSSR count). The van der Waals surface area contributed by atoms with Crippen molar-refractivity contribution < 1.29 is 19.1 Å². The monoisotopic (exact) mass is 208 g/mol. The van der Waals surface area contributed by atoms with E-state index in [1.54, 1.807) is 25.1 Å². The standard InChI is InChI=1S/C11H12O4/c1-3-10(12)15-11(13)8-5-4-6-9(7-8)14-2/h4-7H,3H2,1-2H3. The van der Waals surface area contributed by atoms with Crippen molar-refractivity contribution >= 4 is 11.9 Å². The lowest BCUT2D eigenvalue weighted by Gasteiger charge is -2.03. The molecule has 0 aliphatic rings. The molecular weight excluding hydrogens is 196 g/mol. The zero-order valence-corrected chi connectivity index (χ0v) is 8.65. The van der Waals surface area contributed by atoms with Gasteiger partial charge in [0.15, 0.2) is 0 Å². The fourth-order valence-electron chi connectivity index (χ4n) is 0.985. The highest BCUT2D eigenvalue weighted by molar-refractivity contribution is 5.96. The van der Waals surface area contributed by atoms with Gasteiger partial charge in [0.25, 0.3) is 0 Å². The molecule has 0 atom stereocenters. The van der Waals surface area contributed by atoms with E-state index in [2.05, 4.69) is 4.74 Å². The molecule has 0 N–H and O–H groups in total. The smallest absolute Gasteiger partial charge is 0.345 e. The number of rotatable bonds is 3. The van der Waals surface area contributed by atoms with Crippen molar-refractivity contribution in [2.45, 2.75) is 13.3 Å². The second-order valence-electron chi connectivity index (χ2n) is 2.85. The van der Waals surface area contributed by atoms with E-state index >= 15 is 0 Å². The molecule has 4 nitrogen and oxygen atoms in total. The first-order chi connectivity index (χ1) is 7.17. The summed E-state index contributed by atoms with van der Waals surface area (Å²) in [6, 6.07) is 6.45. The molecule has 0 unspecified atom stereocenters. The van der Waals surface area contributed by atoms with Crippen LogP contribution in [0.3, 0.4) is 0 Å². The van der Waals surface area contributed by atoms with Crippen LogP contribution in [0.2, 0.25) is 0 Å². The zero-order chi connectivity index (χ0) is 11.3. The minimum absolute atomic E-state index is 0.176. The molecule has 1 aromatic rings. The van der Waals surface area contributed by atoms with Crippen LogP contribution >= 0.6 is 0 Å². The molecule has 0 saturated carbocycles. The predicted molar refractivity (Wildman–Crippen MR) is 53.7 cm³/mol. The van der Waals surface area contributed by atoms with Crippen LogP contribution in [0.4, 0.5) is 0 Å². The zero-order valence-electron chi connectivity index (χ0n) is 8.65. The summed E-state index contributed by atoms with van der Waals surface area (Å²) in [5.74, 6) is -0.642. The maximum absolute atomic E-state index is 11.4. The average Bonchev–Trinajstić information content (AvgIpc) is 2.28. The van der Waals surface area contributed by atoms with Gasteiger partial charge in [0.2, 0.25) is 0 Å². The quantitative estimate of drug-likeness (QED) is 0.561. The van der Waals surface area contributed by atoms with E-state index in [-0.39, 0.29) is 6.42 Å². The van der Waals surface area contributed by atoms with Crippen molar-refractivity contribution in [1.82, 2.24) is 0 Å². The van der Waals surface area contributed by atoms with Crippen LogP contribution < -0.4 is 4.74 Å². The largest absolute Gasteiger partial charge is 0.497 e. The molecule has 1 aromatic carbocycles. The van der Waals surface area contributed by atoms with Crippen molar-refractivity contribution in [2.24, 2.45) is 0 Å². The average molecular weight is 208 g/mol. The third-order valence-corrected chi connectivity index (χ3v) is 1.80. The maximum Gasteiger partial charge on any atom is 0.345 e. The molecule has 0 bridgehead atoms. The van der Waals surface area contributed by atoms with Crippen LogP contribution in [-0.4, -0.2) is 19.0 Å². The maximum atomic E-state index is 11.4. The molecule has 0 aromatic heterocycles. The van der Waals surface area contributed by atoms with Crippen molar-refractivity contribution in [3.05, 3.63) is 29.8 Å². The fourth-order valence-corrected chi connectivity index (χ4v) is 0.985. The highest BCUT2D eigenvalue weighted by Gasteiger charge is 2.11. The number of carbonyl (C=O) groups excluding carboxylic acids is 2. The molecule has 0 aliphatic heterocycles. The Hall–Kier alpha value is -1.84. The Labute approximate surface area is 87.8 Å². The van der Waals surface area contributed by atoms with Gasteiger partial charge < -0.3 is 9.47 Å². The first-order valence-corrected chi connectivity index (χ1v) is 4.56. The highest BCUT2D eigenvalue weighted by atomic mass is 16.6. The van der Waals surface area contributed by atoms with Crippen LogP contribution in [0.25, 0.3) is 0 Å². The lowest BCUT2D eigenvalue weighted by atomic mass is 10.2. The Bertz CT molecular complexity index is 371. The summed E-state index contributed by atoms with van der Waals surface area (Å²) < 4.78 is 9.50. The van der Waals surface area contributed by atoms with Gasteiger partial charge in [-0.15, -0.1) is 0 Å². The van der Waals surface area contributed by atoms with Gasteiger partial charge in [-0.1, -0.05) is 13.0 Å². The van der Waals surface area contributed by atoms with E-state index in [9.17, 15) is 9.59 Å². The third kappa shape index (κ3) is 3.09. The molecule has 80 valence electrons. The number of esters is 2. The molecule has 0 saturated heterocycles. The first-order valence-electron chi connectivity index (χ1n) is 4.56. The Kier molecular flexibility index (Phi) is 3.85. The topological polar surface area (TPSA) is 52.6 Å². The normalized spacial score (nSPS) is 9.47. The van der Waals surface area contributed by atoms with E-state index in [0.717, 1.165) is 0 Å². The van der Waals surface area contributed by atoms with Gasteiger partial charge in [-0.25, -0.2) is 4.79 Å². The minimum Gasteiger partial charge on any atom is -0.497 e. The van der Waals surface area contributed by atoms with E-state index in [1.165, 1.54) is 13.2 Å². The SMILES string of the molecule is CCC(=O)OC(=O)c1cccc(OC)c1. The van der Waals surface area contributed by atoms with Gasteiger partial charge in [0, 0.05) is 6.42 Å². The van der Waals surface area contributed by atoms with Gasteiger partial charge >= 0.3 is 11.9 Å². The Balaban J connectivity index is 2.77. The molecule has 0 spiro atoms. The summed E-state index contributed by atoms with van der Waals surface area (Å²) in [4.78, 5) is 22.3. The molecule has 0 amide bonds. The lowest BCUT2D eigenvalue weighted by molar-refractivity contribution is -0.137. The van der Waals surface area contributed by atoms with Crippen molar-refractivity contribution in [3.8, 4) is 5.75 Å². The number of hydrogen-bond acceptors (Lipinski definition) is 4. The summed E-state index contributed by atoms with van der Waals surface area (Å²) in [7, 11) is 1.50. The van der Waals surface area contributed by atoms with E-state index in [0.29, 0.717) is 11.3 Å². The minimum atomic E-state index is -0.652. The molecule has 0 aliphatic carbocycles. The summed E-state index contributed by atoms with van der Waals surface area (Å²) in [5, 5.41) is 0. The highest BCUT2D eigenvalue weighted by Crippen LogP contribution is 2.13. The number of methoxy groups -OCH3 is 1. The van der Waals surface area contributed by atoms with Crippen LogP contribution in [0.1, 0.15) is 23.7 Å². The Morgan fingerprint density at radius 1 is 1.33 bits per heavy atom. The summed E-state index contributed by atoms with van der Waals surface area (Å²) in [6.07, 6.45) is 0.176. The molecule has 15 heavy (non-hydrogen) atoms. The lowest BCUT2D eigenvalue weighted by Crippen LogP contribution is -2.11.